The molecule has 0 saturated carbocycles. The van der Waals surface area contributed by atoms with Gasteiger partial charge in [-0.3, -0.25) is 0 Å². The molecule has 0 radical (unpaired) electrons. The van der Waals surface area contributed by atoms with Crippen LogP contribution in [-0.4, -0.2) is 13.2 Å². The van der Waals surface area contributed by atoms with E-state index < -0.39 is 0 Å². The van der Waals surface area contributed by atoms with Crippen LogP contribution < -0.4 is 24.8 Å². The van der Waals surface area contributed by atoms with Gasteiger partial charge < -0.3 is 29.6 Å². The van der Waals surface area contributed by atoms with Gasteiger partial charge in [-0.1, -0.05) is 0 Å². The second-order valence-corrected chi connectivity index (χ2v) is 0.781. The monoisotopic (exact) mass is 250 g/mol. The van der Waals surface area contributed by atoms with Gasteiger partial charge in [-0.05, 0) is 13.8 Å². The molecular weight excluding hydrogens is 241 g/mol. The summed E-state index contributed by atoms with van der Waals surface area (Å²) < 4.78 is 4.83. The van der Waals surface area contributed by atoms with Crippen LogP contribution in [0.1, 0.15) is 13.8 Å². The van der Waals surface area contributed by atoms with Gasteiger partial charge in [-0.2, -0.15) is 0 Å². The van der Waals surface area contributed by atoms with Gasteiger partial charge in [-0.15, -0.1) is 0 Å². The molecule has 0 aliphatic heterocycles. The second-order valence-electron chi connectivity index (χ2n) is 0.781. The summed E-state index contributed by atoms with van der Waals surface area (Å²) in [7, 11) is 0. The molecule has 0 N–H and O–H groups in total. The van der Waals surface area contributed by atoms with Gasteiger partial charge in [0, 0.05) is 13.2 Å². The maximum atomic E-state index is 4.83. The van der Waals surface area contributed by atoms with Crippen LogP contribution in [0.5, 0.6) is 0 Å². The van der Waals surface area contributed by atoms with Gasteiger partial charge >= 0.3 is 20.4 Å². The molecule has 0 aromatic heterocycles. The number of hydrogen-bond acceptors (Lipinski definition) is 1. The Balaban J connectivity index is -0.0000000267. The zero-order valence-corrected chi connectivity index (χ0v) is 7.96. The van der Waals surface area contributed by atoms with Gasteiger partial charge in [0.1, 0.15) is 0 Å². The first-order valence-electron chi connectivity index (χ1n) is 1.99. The molecule has 0 aliphatic rings. The van der Waals surface area contributed by atoms with E-state index >= 15 is 0 Å². The van der Waals surface area contributed by atoms with E-state index in [0.717, 1.165) is 13.2 Å². The van der Waals surface area contributed by atoms with E-state index in [0.29, 0.717) is 0 Å². The summed E-state index contributed by atoms with van der Waals surface area (Å²) in [6.45, 7) is 5.67. The van der Waals surface area contributed by atoms with Gasteiger partial charge in [0.2, 0.25) is 0 Å². The molecule has 0 aliphatic carbocycles. The molecule has 0 fully saturated rings. The van der Waals surface area contributed by atoms with Crippen molar-refractivity contribution >= 4 is 0 Å². The molecule has 0 saturated heterocycles. The first kappa shape index (κ1) is 22.9. The molecule has 0 unspecified atom stereocenters. The SMILES string of the molecule is CCOCC.[Cl-].[Cl-].[Pd+2]. The predicted molar refractivity (Wildman–Crippen MR) is 22.2 cm³/mol. The number of halogens is 2. The molecule has 0 atom stereocenters. The third kappa shape index (κ3) is 27.0. The van der Waals surface area contributed by atoms with Crippen molar-refractivity contribution in [2.75, 3.05) is 13.2 Å². The van der Waals surface area contributed by atoms with Crippen molar-refractivity contribution in [3.63, 3.8) is 0 Å². The Labute approximate surface area is 77.0 Å². The molecule has 0 aromatic rings. The summed E-state index contributed by atoms with van der Waals surface area (Å²) >= 11 is 0. The molecule has 8 heavy (non-hydrogen) atoms. The number of rotatable bonds is 2. The van der Waals surface area contributed by atoms with Crippen molar-refractivity contribution in [3.8, 4) is 0 Å². The minimum absolute atomic E-state index is 0. The Kier molecular flexibility index (Phi) is 68.9. The van der Waals surface area contributed by atoms with Crippen LogP contribution in [0.2, 0.25) is 0 Å². The fourth-order valence-electron chi connectivity index (χ4n) is 0.204. The summed E-state index contributed by atoms with van der Waals surface area (Å²) in [4.78, 5) is 0. The van der Waals surface area contributed by atoms with Crippen molar-refractivity contribution < 1.29 is 50.0 Å². The van der Waals surface area contributed by atoms with Crippen LogP contribution in [0.25, 0.3) is 0 Å². The summed E-state index contributed by atoms with van der Waals surface area (Å²) in [6.07, 6.45) is 0. The maximum absolute atomic E-state index is 4.83. The Hall–Kier alpha value is 1.20. The standard InChI is InChI=1S/C4H10O.2ClH.Pd/c1-3-5-4-2;;;/h3-4H2,1-2H3;2*1H;/q;;;+2/p-2. The van der Waals surface area contributed by atoms with Crippen molar-refractivity contribution in [3.05, 3.63) is 0 Å². The van der Waals surface area contributed by atoms with E-state index in [9.17, 15) is 0 Å². The predicted octanol–water partition coefficient (Wildman–Crippen LogP) is -4.95. The molecule has 0 aromatic carbocycles. The van der Waals surface area contributed by atoms with Crippen molar-refractivity contribution in [1.29, 1.82) is 0 Å². The van der Waals surface area contributed by atoms with Crippen LogP contribution in [0, 0.1) is 0 Å². The van der Waals surface area contributed by atoms with Crippen LogP contribution in [-0.2, 0) is 25.2 Å². The molecule has 4 heteroatoms. The van der Waals surface area contributed by atoms with Crippen LogP contribution >= 0.6 is 0 Å². The Morgan fingerprint density at radius 1 is 1.00 bits per heavy atom. The van der Waals surface area contributed by atoms with E-state index in [1.54, 1.807) is 0 Å². The first-order valence-corrected chi connectivity index (χ1v) is 1.99. The smallest absolute Gasteiger partial charge is 1.00 e. The van der Waals surface area contributed by atoms with Crippen molar-refractivity contribution in [2.24, 2.45) is 0 Å². The summed E-state index contributed by atoms with van der Waals surface area (Å²) in [5.74, 6) is 0. The molecule has 0 spiro atoms. The Bertz CT molecular complexity index is 21.5. The van der Waals surface area contributed by atoms with E-state index in [4.69, 9.17) is 4.74 Å². The van der Waals surface area contributed by atoms with Crippen molar-refractivity contribution in [1.82, 2.24) is 0 Å². The molecule has 0 heterocycles. The Morgan fingerprint density at radius 2 is 1.25 bits per heavy atom. The zero-order chi connectivity index (χ0) is 4.12. The molecular formula is C4H10Cl2OPd. The van der Waals surface area contributed by atoms with Gasteiger partial charge in [0.15, 0.2) is 0 Å². The summed E-state index contributed by atoms with van der Waals surface area (Å²) in [5.41, 5.74) is 0. The molecule has 1 nitrogen and oxygen atoms in total. The van der Waals surface area contributed by atoms with Crippen LogP contribution in [0.3, 0.4) is 0 Å². The normalized spacial score (nSPS) is 5.25. The fraction of sp³-hybridized carbons (Fsp3) is 1.00. The average molecular weight is 251 g/mol. The summed E-state index contributed by atoms with van der Waals surface area (Å²) in [6, 6.07) is 0. The van der Waals surface area contributed by atoms with E-state index in [1.807, 2.05) is 13.8 Å². The van der Waals surface area contributed by atoms with Gasteiger partial charge in [0.25, 0.3) is 0 Å². The van der Waals surface area contributed by atoms with Crippen LogP contribution in [0.4, 0.5) is 0 Å². The molecule has 0 amide bonds. The van der Waals surface area contributed by atoms with E-state index in [2.05, 4.69) is 0 Å². The topological polar surface area (TPSA) is 9.23 Å². The van der Waals surface area contributed by atoms with Crippen molar-refractivity contribution in [2.45, 2.75) is 13.8 Å². The third-order valence-electron chi connectivity index (χ3n) is 0.408. The number of ether oxygens (including phenoxy) is 1. The van der Waals surface area contributed by atoms with Crippen LogP contribution in [0.15, 0.2) is 0 Å². The third-order valence-corrected chi connectivity index (χ3v) is 0.408. The number of hydrogen-bond donors (Lipinski definition) is 0. The maximum Gasteiger partial charge on any atom is 2.00 e. The van der Waals surface area contributed by atoms with Gasteiger partial charge in [0.05, 0.1) is 0 Å². The van der Waals surface area contributed by atoms with E-state index in [-0.39, 0.29) is 45.2 Å². The molecule has 56 valence electrons. The zero-order valence-electron chi connectivity index (χ0n) is 4.89. The van der Waals surface area contributed by atoms with E-state index in [1.165, 1.54) is 0 Å². The molecule has 0 bridgehead atoms. The van der Waals surface area contributed by atoms with Gasteiger partial charge in [-0.25, -0.2) is 0 Å². The minimum atomic E-state index is 0. The quantitative estimate of drug-likeness (QED) is 0.447. The largest absolute Gasteiger partial charge is 2.00 e. The average Bonchev–Trinajstić information content (AvgIpc) is 1.41. The fourth-order valence-corrected chi connectivity index (χ4v) is 0.204. The first-order chi connectivity index (χ1) is 2.41. The second kappa shape index (κ2) is 24.1. The summed E-state index contributed by atoms with van der Waals surface area (Å²) in [5, 5.41) is 0. The molecule has 0 rings (SSSR count). The Morgan fingerprint density at radius 3 is 1.25 bits per heavy atom. The minimum Gasteiger partial charge on any atom is -1.00 e.